The lowest BCUT2D eigenvalue weighted by molar-refractivity contribution is -0.118. The number of fused-ring (bicyclic) bond motifs is 3. The Morgan fingerprint density at radius 3 is 2.59 bits per heavy atom. The number of benzene rings is 2. The quantitative estimate of drug-likeness (QED) is 0.138. The van der Waals surface area contributed by atoms with Crippen molar-refractivity contribution in [1.29, 1.82) is 0 Å². The number of hydrogen-bond donors (Lipinski definition) is 1. The Balaban J connectivity index is 1.38. The second kappa shape index (κ2) is 11.0. The largest absolute Gasteiger partial charge is 0.272 e. The summed E-state index contributed by atoms with van der Waals surface area (Å²) in [6, 6.07) is 15.9. The lowest BCUT2D eigenvalue weighted by Crippen LogP contribution is -2.24. The molecule has 0 fully saturated rings. The van der Waals surface area contributed by atoms with Crippen LogP contribution in [-0.2, 0) is 17.6 Å². The summed E-state index contributed by atoms with van der Waals surface area (Å²) in [6.45, 7) is 6.32. The Bertz CT molecular complexity index is 1520. The number of rotatable bonds is 7. The molecule has 37 heavy (non-hydrogen) atoms. The maximum absolute atomic E-state index is 13.8. The predicted molar refractivity (Wildman–Crippen MR) is 154 cm³/mol. The Labute approximate surface area is 224 Å². The highest BCUT2D eigenvalue weighted by Gasteiger charge is 2.23. The zero-order valence-corrected chi connectivity index (χ0v) is 22.9. The Morgan fingerprint density at radius 1 is 1.14 bits per heavy atom. The highest BCUT2D eigenvalue weighted by atomic mass is 32.2. The van der Waals surface area contributed by atoms with Gasteiger partial charge in [-0.05, 0) is 67.3 Å². The number of thiophene rings is 1. The van der Waals surface area contributed by atoms with Crippen LogP contribution in [0.3, 0.4) is 0 Å². The molecule has 1 amide bonds. The highest BCUT2D eigenvalue weighted by molar-refractivity contribution is 7.99. The zero-order valence-electron chi connectivity index (χ0n) is 21.3. The fourth-order valence-electron chi connectivity index (χ4n) is 4.51. The van der Waals surface area contributed by atoms with Gasteiger partial charge in [0, 0.05) is 4.88 Å². The number of carbonyl (C=O) groups excluding carboxylic acids is 1. The molecular formula is C29H30N4O2S2. The maximum atomic E-state index is 13.8. The summed E-state index contributed by atoms with van der Waals surface area (Å²) in [4.78, 5) is 33.3. The average molecular weight is 531 g/mol. The smallest absolute Gasteiger partial charge is 0.267 e. The van der Waals surface area contributed by atoms with Gasteiger partial charge in [-0.25, -0.2) is 10.4 Å². The van der Waals surface area contributed by atoms with Crippen molar-refractivity contribution in [3.05, 3.63) is 86.0 Å². The van der Waals surface area contributed by atoms with E-state index < -0.39 is 0 Å². The van der Waals surface area contributed by atoms with E-state index in [4.69, 9.17) is 4.98 Å². The molecule has 1 aliphatic carbocycles. The summed E-state index contributed by atoms with van der Waals surface area (Å²) in [5.41, 5.74) is 7.74. The molecule has 190 valence electrons. The van der Waals surface area contributed by atoms with Crippen LogP contribution in [0.2, 0.25) is 0 Å². The van der Waals surface area contributed by atoms with Crippen molar-refractivity contribution in [2.45, 2.75) is 57.5 Å². The minimum Gasteiger partial charge on any atom is -0.272 e. The van der Waals surface area contributed by atoms with Crippen LogP contribution in [0.15, 0.2) is 63.6 Å². The molecule has 0 atom stereocenters. The van der Waals surface area contributed by atoms with E-state index in [9.17, 15) is 9.59 Å². The molecule has 5 rings (SSSR count). The van der Waals surface area contributed by atoms with Gasteiger partial charge in [-0.3, -0.25) is 14.2 Å². The van der Waals surface area contributed by atoms with Gasteiger partial charge in [-0.2, -0.15) is 5.10 Å². The first-order valence-electron chi connectivity index (χ1n) is 12.6. The maximum Gasteiger partial charge on any atom is 0.267 e. The third kappa shape index (κ3) is 5.55. The molecule has 0 spiro atoms. The minimum atomic E-state index is -0.254. The van der Waals surface area contributed by atoms with Crippen molar-refractivity contribution in [2.24, 2.45) is 5.10 Å². The fourth-order valence-corrected chi connectivity index (χ4v) is 6.62. The average Bonchev–Trinajstić information content (AvgIpc) is 3.27. The van der Waals surface area contributed by atoms with Crippen molar-refractivity contribution >= 4 is 45.4 Å². The molecule has 0 bridgehead atoms. The normalized spacial score (nSPS) is 13.4. The number of nitrogens with one attached hydrogen (secondary N) is 1. The second-order valence-electron chi connectivity index (χ2n) is 9.66. The van der Waals surface area contributed by atoms with Crippen LogP contribution >= 0.6 is 23.1 Å². The fraction of sp³-hybridized carbons (Fsp3) is 0.310. The highest BCUT2D eigenvalue weighted by Crippen LogP contribution is 2.35. The molecule has 1 N–H and O–H groups in total. The lowest BCUT2D eigenvalue weighted by atomic mass is 9.97. The molecule has 1 aliphatic rings. The molecule has 8 heteroatoms. The van der Waals surface area contributed by atoms with Gasteiger partial charge in [-0.1, -0.05) is 67.6 Å². The van der Waals surface area contributed by atoms with Crippen molar-refractivity contribution in [1.82, 2.24) is 15.0 Å². The number of hydrogen-bond acceptors (Lipinski definition) is 6. The molecule has 4 aromatic rings. The van der Waals surface area contributed by atoms with Gasteiger partial charge in [0.1, 0.15) is 4.83 Å². The van der Waals surface area contributed by atoms with Crippen LogP contribution in [0.25, 0.3) is 15.9 Å². The number of carbonyl (C=O) groups is 1. The standard InChI is InChI=1S/C29H30N4O2S2/c1-18(2)21-12-10-20(11-13-21)16-30-32-25(34)17-36-29-31-27-26(23-6-4-5-7-24(23)37-27)28(35)33(29)22-14-8-19(3)9-15-22/h8-16,18H,4-7,17H2,1-3H3,(H,32,34)/b30-16-. The molecule has 2 heterocycles. The first kappa shape index (κ1) is 25.4. The lowest BCUT2D eigenvalue weighted by Gasteiger charge is -2.13. The van der Waals surface area contributed by atoms with Gasteiger partial charge in [0.15, 0.2) is 5.16 Å². The molecule has 2 aromatic heterocycles. The molecule has 0 saturated carbocycles. The molecule has 0 aliphatic heterocycles. The Morgan fingerprint density at radius 2 is 1.86 bits per heavy atom. The van der Waals surface area contributed by atoms with Crippen LogP contribution < -0.4 is 11.0 Å². The van der Waals surface area contributed by atoms with Gasteiger partial charge in [0.2, 0.25) is 0 Å². The van der Waals surface area contributed by atoms with Gasteiger partial charge < -0.3 is 0 Å². The summed E-state index contributed by atoms with van der Waals surface area (Å²) < 4.78 is 1.65. The number of hydrazone groups is 1. The summed E-state index contributed by atoms with van der Waals surface area (Å²) >= 11 is 2.87. The molecule has 0 unspecified atom stereocenters. The molecule has 6 nitrogen and oxygen atoms in total. The van der Waals surface area contributed by atoms with Gasteiger partial charge >= 0.3 is 0 Å². The summed E-state index contributed by atoms with van der Waals surface area (Å²) in [6.07, 6.45) is 5.81. The minimum absolute atomic E-state index is 0.0565. The van der Waals surface area contributed by atoms with Crippen molar-refractivity contribution in [2.75, 3.05) is 5.75 Å². The third-order valence-electron chi connectivity index (χ3n) is 6.59. The summed E-state index contributed by atoms with van der Waals surface area (Å²) in [5.74, 6) is 0.307. The Kier molecular flexibility index (Phi) is 7.58. The van der Waals surface area contributed by atoms with Crippen molar-refractivity contribution in [3.8, 4) is 5.69 Å². The van der Waals surface area contributed by atoms with E-state index in [0.717, 1.165) is 58.3 Å². The first-order chi connectivity index (χ1) is 17.9. The van der Waals surface area contributed by atoms with E-state index in [1.54, 1.807) is 22.1 Å². The van der Waals surface area contributed by atoms with Crippen LogP contribution in [-0.4, -0.2) is 27.4 Å². The predicted octanol–water partition coefficient (Wildman–Crippen LogP) is 6.00. The summed E-state index contributed by atoms with van der Waals surface area (Å²) in [7, 11) is 0. The third-order valence-corrected chi connectivity index (χ3v) is 8.71. The molecule has 0 radical (unpaired) electrons. The zero-order chi connectivity index (χ0) is 25.9. The SMILES string of the molecule is Cc1ccc(-n2c(SCC(=O)N/N=C\c3ccc(C(C)C)cc3)nc3sc4c(c3c2=O)CCCC4)cc1. The van der Waals surface area contributed by atoms with Crippen LogP contribution in [0.4, 0.5) is 0 Å². The van der Waals surface area contributed by atoms with Crippen LogP contribution in [0, 0.1) is 6.92 Å². The van der Waals surface area contributed by atoms with Crippen LogP contribution in [0.5, 0.6) is 0 Å². The molecular weight excluding hydrogens is 500 g/mol. The van der Waals surface area contributed by atoms with E-state index in [1.165, 1.54) is 22.2 Å². The topological polar surface area (TPSA) is 76.3 Å². The van der Waals surface area contributed by atoms with E-state index in [1.807, 2.05) is 43.3 Å². The van der Waals surface area contributed by atoms with Gasteiger partial charge in [-0.15, -0.1) is 11.3 Å². The Hall–Kier alpha value is -3.23. The van der Waals surface area contributed by atoms with E-state index in [2.05, 4.69) is 36.5 Å². The number of aromatic nitrogens is 2. The molecule has 0 saturated heterocycles. The monoisotopic (exact) mass is 530 g/mol. The van der Waals surface area contributed by atoms with E-state index >= 15 is 0 Å². The number of aryl methyl sites for hydroxylation is 3. The van der Waals surface area contributed by atoms with E-state index in [-0.39, 0.29) is 17.2 Å². The second-order valence-corrected chi connectivity index (χ2v) is 11.7. The van der Waals surface area contributed by atoms with E-state index in [0.29, 0.717) is 11.1 Å². The van der Waals surface area contributed by atoms with Crippen LogP contribution in [0.1, 0.15) is 59.7 Å². The van der Waals surface area contributed by atoms with Gasteiger partial charge in [0.05, 0.1) is 23.0 Å². The van der Waals surface area contributed by atoms with Gasteiger partial charge in [0.25, 0.3) is 11.5 Å². The van der Waals surface area contributed by atoms with Crippen molar-refractivity contribution < 1.29 is 4.79 Å². The molecule has 2 aromatic carbocycles. The van der Waals surface area contributed by atoms with Crippen molar-refractivity contribution in [3.63, 3.8) is 0 Å². The number of thioether (sulfide) groups is 1. The number of amides is 1. The summed E-state index contributed by atoms with van der Waals surface area (Å²) in [5, 5.41) is 5.36. The number of nitrogens with zero attached hydrogens (tertiary/aromatic N) is 3. The first-order valence-corrected chi connectivity index (χ1v) is 14.4.